The monoisotopic (exact) mass is 633 g/mol. The normalized spacial score (nSPS) is 11.6. The van der Waals surface area contributed by atoms with Crippen molar-refractivity contribution in [3.63, 3.8) is 0 Å². The second-order valence-electron chi connectivity index (χ2n) is 11.5. The molecule has 0 saturated carbocycles. The molecule has 2 amide bonds. The van der Waals surface area contributed by atoms with Crippen LogP contribution in [-0.2, 0) is 25.5 Å². The third kappa shape index (κ3) is 10.8. The first-order chi connectivity index (χ1) is 21.4. The van der Waals surface area contributed by atoms with Gasteiger partial charge in [0, 0.05) is 29.2 Å². The van der Waals surface area contributed by atoms with Gasteiger partial charge in [-0.3, -0.25) is 24.2 Å². The van der Waals surface area contributed by atoms with Crippen LogP contribution in [0.1, 0.15) is 62.5 Å². The van der Waals surface area contributed by atoms with Crippen molar-refractivity contribution in [3.05, 3.63) is 90.4 Å². The number of amides is 2. The van der Waals surface area contributed by atoms with Crippen molar-refractivity contribution >= 4 is 33.9 Å². The summed E-state index contributed by atoms with van der Waals surface area (Å²) >= 11 is 0. The Labute approximate surface area is 264 Å². The number of hydrogen-bond acceptors (Lipinski definition) is 8. The van der Waals surface area contributed by atoms with Gasteiger partial charge in [0.05, 0.1) is 18.6 Å². The summed E-state index contributed by atoms with van der Waals surface area (Å²) in [4.78, 5) is 34.5. The van der Waals surface area contributed by atoms with Gasteiger partial charge in [0.25, 0.3) is 16.0 Å². The molecule has 0 aliphatic rings. The first kappa shape index (κ1) is 33.3. The smallest absolute Gasteiger partial charge is 0.413 e. The van der Waals surface area contributed by atoms with Gasteiger partial charge in [0.2, 0.25) is 5.95 Å². The average molecular weight is 634 g/mol. The van der Waals surface area contributed by atoms with Crippen molar-refractivity contribution in [2.75, 3.05) is 23.5 Å². The maximum Gasteiger partial charge on any atom is 0.413 e. The summed E-state index contributed by atoms with van der Waals surface area (Å²) in [6, 6.07) is 20.3. The van der Waals surface area contributed by atoms with Crippen molar-refractivity contribution in [2.24, 2.45) is 0 Å². The summed E-state index contributed by atoms with van der Waals surface area (Å²) in [5.74, 6) is 0.451. The van der Waals surface area contributed by atoms with Gasteiger partial charge >= 0.3 is 6.09 Å². The van der Waals surface area contributed by atoms with E-state index in [0.717, 1.165) is 48.0 Å². The van der Waals surface area contributed by atoms with E-state index in [-0.39, 0.29) is 12.5 Å². The molecule has 0 aliphatic carbocycles. The molecule has 2 heterocycles. The Morgan fingerprint density at radius 3 is 2.33 bits per heavy atom. The lowest BCUT2D eigenvalue weighted by atomic mass is 10.0. The summed E-state index contributed by atoms with van der Waals surface area (Å²) in [5, 5.41) is 5.58. The number of unbranched alkanes of at least 4 members (excludes halogenated alkanes) is 3. The Hall–Kier alpha value is -4.55. The van der Waals surface area contributed by atoms with E-state index in [1.165, 1.54) is 0 Å². The van der Waals surface area contributed by atoms with Crippen LogP contribution >= 0.6 is 0 Å². The van der Waals surface area contributed by atoms with Crippen LogP contribution in [0.2, 0.25) is 0 Å². The lowest BCUT2D eigenvalue weighted by Gasteiger charge is -2.19. The van der Waals surface area contributed by atoms with Gasteiger partial charge in [0.1, 0.15) is 11.4 Å². The number of pyridine rings is 1. The zero-order valence-corrected chi connectivity index (χ0v) is 26.8. The zero-order valence-electron chi connectivity index (χ0n) is 25.9. The largest absolute Gasteiger partial charge is 0.444 e. The lowest BCUT2D eigenvalue weighted by molar-refractivity contribution is 0.0635. The third-order valence-corrected chi connectivity index (χ3v) is 7.09. The molecule has 11 nitrogen and oxygen atoms in total. The van der Waals surface area contributed by atoms with Crippen molar-refractivity contribution in [3.8, 4) is 16.8 Å². The summed E-state index contributed by atoms with van der Waals surface area (Å²) in [6.07, 6.45) is 7.97. The highest BCUT2D eigenvalue weighted by molar-refractivity contribution is 7.85. The summed E-state index contributed by atoms with van der Waals surface area (Å²) in [7, 11) is -3.41. The van der Waals surface area contributed by atoms with Crippen molar-refractivity contribution < 1.29 is 26.9 Å². The molecule has 0 aliphatic heterocycles. The molecule has 0 fully saturated rings. The minimum absolute atomic E-state index is 0.186. The number of carbonyl (C=O) groups excluding carboxylic acids is 2. The number of ether oxygens (including phenoxy) is 1. The van der Waals surface area contributed by atoms with E-state index in [9.17, 15) is 18.0 Å². The Bertz CT molecular complexity index is 1700. The molecule has 0 spiro atoms. The highest BCUT2D eigenvalue weighted by Gasteiger charge is 2.17. The van der Waals surface area contributed by atoms with Gasteiger partial charge < -0.3 is 4.74 Å². The summed E-state index contributed by atoms with van der Waals surface area (Å²) in [5.41, 5.74) is 3.09. The van der Waals surface area contributed by atoms with Gasteiger partial charge in [-0.15, -0.1) is 0 Å². The number of imidazole rings is 1. The van der Waals surface area contributed by atoms with Gasteiger partial charge in [-0.2, -0.15) is 8.42 Å². The van der Waals surface area contributed by atoms with E-state index in [0.29, 0.717) is 30.2 Å². The SMILES string of the molecule is CC(C)(C)OC(=O)Nc1ccc(-c2cccc(C(=O)Nc3nc(CCCCCCOS(C)(=O)=O)cn3-c3ccccc3)c2)cn1. The van der Waals surface area contributed by atoms with Gasteiger partial charge in [0.15, 0.2) is 0 Å². The van der Waals surface area contributed by atoms with Gasteiger partial charge in [-0.1, -0.05) is 43.2 Å². The van der Waals surface area contributed by atoms with Crippen LogP contribution in [0.3, 0.4) is 0 Å². The van der Waals surface area contributed by atoms with E-state index in [1.54, 1.807) is 51.2 Å². The van der Waals surface area contributed by atoms with Crippen LogP contribution in [0.5, 0.6) is 0 Å². The fourth-order valence-corrected chi connectivity index (χ4v) is 4.88. The minimum Gasteiger partial charge on any atom is -0.444 e. The average Bonchev–Trinajstić information content (AvgIpc) is 3.38. The van der Waals surface area contributed by atoms with Crippen LogP contribution in [0.15, 0.2) is 79.1 Å². The molecule has 2 N–H and O–H groups in total. The number of benzene rings is 2. The molecular weight excluding hydrogens is 594 g/mol. The number of hydrogen-bond donors (Lipinski definition) is 2. The molecule has 4 aromatic rings. The fraction of sp³-hybridized carbons (Fsp3) is 0.333. The molecule has 0 unspecified atom stereocenters. The van der Waals surface area contributed by atoms with Crippen LogP contribution in [0.4, 0.5) is 16.6 Å². The molecule has 45 heavy (non-hydrogen) atoms. The van der Waals surface area contributed by atoms with E-state index in [1.807, 2.05) is 53.2 Å². The lowest BCUT2D eigenvalue weighted by Crippen LogP contribution is -2.27. The predicted molar refractivity (Wildman–Crippen MR) is 174 cm³/mol. The molecule has 0 saturated heterocycles. The molecular formula is C33H39N5O6S. The zero-order chi connectivity index (χ0) is 32.5. The van der Waals surface area contributed by atoms with E-state index in [2.05, 4.69) is 15.6 Å². The van der Waals surface area contributed by atoms with Crippen LogP contribution < -0.4 is 10.6 Å². The Morgan fingerprint density at radius 1 is 0.889 bits per heavy atom. The number of carbonyl (C=O) groups is 2. The molecule has 12 heteroatoms. The number of aryl methyl sites for hydroxylation is 1. The quantitative estimate of drug-likeness (QED) is 0.124. The number of anilines is 2. The van der Waals surface area contributed by atoms with Crippen LogP contribution in [0, 0.1) is 0 Å². The highest BCUT2D eigenvalue weighted by atomic mass is 32.2. The minimum atomic E-state index is -3.41. The van der Waals surface area contributed by atoms with E-state index >= 15 is 0 Å². The first-order valence-electron chi connectivity index (χ1n) is 14.7. The predicted octanol–water partition coefficient (Wildman–Crippen LogP) is 6.61. The second-order valence-corrected chi connectivity index (χ2v) is 13.2. The molecule has 0 bridgehead atoms. The maximum atomic E-state index is 13.4. The number of para-hydroxylation sites is 1. The topological polar surface area (TPSA) is 142 Å². The summed E-state index contributed by atoms with van der Waals surface area (Å²) < 4.78 is 34.1. The number of rotatable bonds is 13. The van der Waals surface area contributed by atoms with E-state index < -0.39 is 21.8 Å². The van der Waals surface area contributed by atoms with Crippen LogP contribution in [0.25, 0.3) is 16.8 Å². The molecule has 2 aromatic carbocycles. The maximum absolute atomic E-state index is 13.4. The third-order valence-electron chi connectivity index (χ3n) is 6.49. The number of nitrogens with zero attached hydrogens (tertiary/aromatic N) is 3. The van der Waals surface area contributed by atoms with Gasteiger partial charge in [-0.05, 0) is 82.0 Å². The standard InChI is InChI=1S/C33H39N5O6S/c1-33(2,3)44-32(40)36-29-19-18-26(22-34-29)24-13-12-14-25(21-24)30(39)37-31-35-27(23-38(31)28-16-9-7-10-17-28)15-8-5-6-11-20-43-45(4,41)42/h7,9-10,12-14,16-19,21-23H,5-6,8,11,15,20H2,1-4H3,(H,34,36,40)(H,35,37,39). The molecule has 0 radical (unpaired) electrons. The molecule has 238 valence electrons. The first-order valence-corrected chi connectivity index (χ1v) is 16.5. The van der Waals surface area contributed by atoms with Crippen molar-refractivity contribution in [2.45, 2.75) is 58.5 Å². The van der Waals surface area contributed by atoms with Crippen molar-refractivity contribution in [1.29, 1.82) is 0 Å². The van der Waals surface area contributed by atoms with Crippen LogP contribution in [-0.4, -0.2) is 53.4 Å². The Kier molecular flexibility index (Phi) is 11.1. The molecule has 2 aromatic heterocycles. The molecule has 4 rings (SSSR count). The Morgan fingerprint density at radius 2 is 1.64 bits per heavy atom. The highest BCUT2D eigenvalue weighted by Crippen LogP contribution is 2.23. The Balaban J connectivity index is 1.42. The number of nitrogens with one attached hydrogen (secondary N) is 2. The van der Waals surface area contributed by atoms with Gasteiger partial charge in [-0.25, -0.2) is 14.8 Å². The molecule has 0 atom stereocenters. The van der Waals surface area contributed by atoms with Crippen molar-refractivity contribution in [1.82, 2.24) is 14.5 Å². The second kappa shape index (κ2) is 15.0. The van der Waals surface area contributed by atoms with E-state index in [4.69, 9.17) is 13.9 Å². The number of aromatic nitrogens is 3. The fourth-order valence-electron chi connectivity index (χ4n) is 4.46. The summed E-state index contributed by atoms with van der Waals surface area (Å²) in [6.45, 7) is 5.54.